The van der Waals surface area contributed by atoms with Crippen LogP contribution >= 0.6 is 0 Å². The van der Waals surface area contributed by atoms with Crippen molar-refractivity contribution in [2.45, 2.75) is 63.0 Å². The molecular formula is C29H31N5O3S. The van der Waals surface area contributed by atoms with E-state index < -0.39 is 16.6 Å². The third kappa shape index (κ3) is 4.13. The summed E-state index contributed by atoms with van der Waals surface area (Å²) in [6.07, 6.45) is 7.10. The molecule has 0 N–H and O–H groups in total. The van der Waals surface area contributed by atoms with Gasteiger partial charge in [0.15, 0.2) is 11.2 Å². The van der Waals surface area contributed by atoms with Crippen LogP contribution in [0.2, 0.25) is 0 Å². The first-order chi connectivity index (χ1) is 18.4. The highest BCUT2D eigenvalue weighted by Gasteiger charge is 2.47. The molecule has 1 spiro atoms. The first-order valence-corrected chi connectivity index (χ1v) is 14.3. The highest BCUT2D eigenvalue weighted by molar-refractivity contribution is 7.82. The lowest BCUT2D eigenvalue weighted by Crippen LogP contribution is -2.60. The third-order valence-electron chi connectivity index (χ3n) is 7.95. The fourth-order valence-corrected chi connectivity index (χ4v) is 6.87. The maximum absolute atomic E-state index is 13.8. The van der Waals surface area contributed by atoms with Gasteiger partial charge in [0.2, 0.25) is 5.88 Å². The van der Waals surface area contributed by atoms with Crippen molar-refractivity contribution < 1.29 is 13.7 Å². The van der Waals surface area contributed by atoms with Crippen molar-refractivity contribution in [3.63, 3.8) is 0 Å². The predicted octanol–water partition coefficient (Wildman–Crippen LogP) is 4.20. The minimum atomic E-state index is -1.39. The molecule has 0 bridgehead atoms. The van der Waals surface area contributed by atoms with Gasteiger partial charge in [0.05, 0.1) is 19.8 Å². The molecule has 7 rings (SSSR count). The molecule has 1 aromatic carbocycles. The maximum atomic E-state index is 13.8. The van der Waals surface area contributed by atoms with Gasteiger partial charge in [-0.2, -0.15) is 0 Å². The van der Waals surface area contributed by atoms with E-state index in [-0.39, 0.29) is 0 Å². The first kappa shape index (κ1) is 23.9. The van der Waals surface area contributed by atoms with Gasteiger partial charge in [-0.25, -0.2) is 13.5 Å². The van der Waals surface area contributed by atoms with Gasteiger partial charge < -0.3 is 9.47 Å². The summed E-state index contributed by atoms with van der Waals surface area (Å²) in [6, 6.07) is 10.7. The Bertz CT molecular complexity index is 1590. The molecule has 1 saturated heterocycles. The molecule has 196 valence electrons. The number of fused-ring (bicyclic) bond motifs is 2. The van der Waals surface area contributed by atoms with Crippen LogP contribution in [0.1, 0.15) is 58.0 Å². The second kappa shape index (κ2) is 8.97. The molecule has 0 amide bonds. The Kier molecular flexibility index (Phi) is 5.65. The van der Waals surface area contributed by atoms with Crippen molar-refractivity contribution in [1.82, 2.24) is 23.9 Å². The van der Waals surface area contributed by atoms with Crippen LogP contribution < -0.4 is 4.74 Å². The average molecular weight is 530 g/mol. The number of nitrogens with zero attached hydrogens (tertiary/aromatic N) is 5. The van der Waals surface area contributed by atoms with Gasteiger partial charge in [-0.3, -0.25) is 4.40 Å². The van der Waals surface area contributed by atoms with E-state index in [2.05, 4.69) is 63.9 Å². The van der Waals surface area contributed by atoms with Crippen LogP contribution in [0.5, 0.6) is 5.88 Å². The largest absolute Gasteiger partial charge is 0.464 e. The number of pyridine rings is 2. The first-order valence-electron chi connectivity index (χ1n) is 13.2. The van der Waals surface area contributed by atoms with Crippen LogP contribution in [0.25, 0.3) is 5.65 Å². The standard InChI is InChI=1S/C29H31N5O3S/c1-18-10-25-28(30-13-18)37-29(16-36-17-29)15-33(38(25)35)14-24-12-21(5-4-19(24)2)11-23-8-9-34-26(20(23)3)31-32-27(34)22-6-7-22/h4-5,8-10,12-13,22H,6-7,11,14-17H2,1-3H3. The summed E-state index contributed by atoms with van der Waals surface area (Å²) in [4.78, 5) is 5.09. The van der Waals surface area contributed by atoms with Gasteiger partial charge in [-0.15, -0.1) is 10.2 Å². The van der Waals surface area contributed by atoms with Gasteiger partial charge in [-0.1, -0.05) is 18.2 Å². The number of ether oxygens (including phenoxy) is 2. The molecule has 8 nitrogen and oxygen atoms in total. The van der Waals surface area contributed by atoms with Crippen molar-refractivity contribution in [2.24, 2.45) is 0 Å². The zero-order chi connectivity index (χ0) is 26.0. The second-order valence-electron chi connectivity index (χ2n) is 11.1. The summed E-state index contributed by atoms with van der Waals surface area (Å²) in [6.45, 7) is 8.23. The van der Waals surface area contributed by atoms with Gasteiger partial charge in [0.1, 0.15) is 21.7 Å². The molecule has 1 saturated carbocycles. The molecule has 1 aliphatic carbocycles. The monoisotopic (exact) mass is 529 g/mol. The minimum absolute atomic E-state index is 0.453. The number of hydrogen-bond donors (Lipinski definition) is 0. The fourth-order valence-electron chi connectivity index (χ4n) is 5.45. The number of rotatable bonds is 5. The van der Waals surface area contributed by atoms with E-state index in [1.54, 1.807) is 6.20 Å². The average Bonchev–Trinajstić information content (AvgIpc) is 3.65. The summed E-state index contributed by atoms with van der Waals surface area (Å²) in [5.41, 5.74) is 7.37. The van der Waals surface area contributed by atoms with E-state index in [0.717, 1.165) is 29.0 Å². The van der Waals surface area contributed by atoms with E-state index in [9.17, 15) is 4.21 Å². The summed E-state index contributed by atoms with van der Waals surface area (Å²) < 4.78 is 29.8. The van der Waals surface area contributed by atoms with Crippen molar-refractivity contribution in [2.75, 3.05) is 19.8 Å². The van der Waals surface area contributed by atoms with Crippen LogP contribution in [-0.2, 0) is 28.7 Å². The van der Waals surface area contributed by atoms with Gasteiger partial charge in [0.25, 0.3) is 0 Å². The highest BCUT2D eigenvalue weighted by atomic mass is 32.2. The zero-order valence-corrected chi connectivity index (χ0v) is 22.8. The molecule has 0 radical (unpaired) electrons. The van der Waals surface area contributed by atoms with Gasteiger partial charge >= 0.3 is 0 Å². The molecular weight excluding hydrogens is 498 g/mol. The Morgan fingerprint density at radius 2 is 1.92 bits per heavy atom. The van der Waals surface area contributed by atoms with Crippen molar-refractivity contribution in [3.05, 3.63) is 81.9 Å². The molecule has 2 aliphatic heterocycles. The van der Waals surface area contributed by atoms with Gasteiger partial charge in [-0.05, 0) is 85.5 Å². The SMILES string of the molecule is Cc1cnc2c(c1)S(=O)N(Cc1cc(Cc3ccn4c(C5CC5)nnc4c3C)ccc1C)CC1(COC1)O2. The van der Waals surface area contributed by atoms with Crippen molar-refractivity contribution in [3.8, 4) is 5.88 Å². The molecule has 5 heterocycles. The molecule has 2 fully saturated rings. The molecule has 9 heteroatoms. The number of aryl methyl sites for hydroxylation is 3. The summed E-state index contributed by atoms with van der Waals surface area (Å²) >= 11 is 0. The lowest BCUT2D eigenvalue weighted by Gasteiger charge is -2.41. The van der Waals surface area contributed by atoms with E-state index in [4.69, 9.17) is 9.47 Å². The summed E-state index contributed by atoms with van der Waals surface area (Å²) in [7, 11) is -1.39. The maximum Gasteiger partial charge on any atom is 0.232 e. The number of hydrogen-bond acceptors (Lipinski definition) is 6. The normalized spacial score (nSPS) is 20.7. The topological polar surface area (TPSA) is 81.9 Å². The molecule has 4 aromatic rings. The van der Waals surface area contributed by atoms with Crippen LogP contribution in [0.15, 0.2) is 47.6 Å². The van der Waals surface area contributed by atoms with Crippen LogP contribution in [0.3, 0.4) is 0 Å². The van der Waals surface area contributed by atoms with E-state index in [1.807, 2.05) is 17.3 Å². The Morgan fingerprint density at radius 3 is 2.68 bits per heavy atom. The lowest BCUT2D eigenvalue weighted by atomic mass is 9.97. The lowest BCUT2D eigenvalue weighted by molar-refractivity contribution is -0.166. The third-order valence-corrected chi connectivity index (χ3v) is 9.34. The molecule has 3 aromatic heterocycles. The van der Waals surface area contributed by atoms with Gasteiger partial charge in [0, 0.05) is 24.9 Å². The smallest absolute Gasteiger partial charge is 0.232 e. The number of benzene rings is 1. The molecule has 38 heavy (non-hydrogen) atoms. The summed E-state index contributed by atoms with van der Waals surface area (Å²) in [5.74, 6) is 2.10. The quantitative estimate of drug-likeness (QED) is 0.385. The summed E-state index contributed by atoms with van der Waals surface area (Å²) in [5, 5.41) is 8.98. The fraction of sp³-hybridized carbons (Fsp3) is 0.414. The second-order valence-corrected chi connectivity index (χ2v) is 12.5. The predicted molar refractivity (Wildman–Crippen MR) is 144 cm³/mol. The van der Waals surface area contributed by atoms with Crippen LogP contribution in [0.4, 0.5) is 0 Å². The van der Waals surface area contributed by atoms with E-state index in [1.165, 1.54) is 35.1 Å². The Labute approximate surface area is 224 Å². The van der Waals surface area contributed by atoms with Crippen LogP contribution in [-0.4, -0.2) is 53.5 Å². The Balaban J connectivity index is 1.18. The minimum Gasteiger partial charge on any atom is -0.464 e. The molecule has 1 atom stereocenters. The van der Waals surface area contributed by atoms with E-state index in [0.29, 0.717) is 43.0 Å². The van der Waals surface area contributed by atoms with Crippen LogP contribution in [0, 0.1) is 20.8 Å². The molecule has 1 unspecified atom stereocenters. The van der Waals surface area contributed by atoms with E-state index >= 15 is 0 Å². The molecule has 3 aliphatic rings. The highest BCUT2D eigenvalue weighted by Crippen LogP contribution is 2.39. The zero-order valence-electron chi connectivity index (χ0n) is 21.9. The van der Waals surface area contributed by atoms with Crippen molar-refractivity contribution in [1.29, 1.82) is 0 Å². The Hall–Kier alpha value is -3.14. The Morgan fingerprint density at radius 1 is 1.08 bits per heavy atom. The van der Waals surface area contributed by atoms with Crippen molar-refractivity contribution >= 4 is 16.6 Å². The number of aromatic nitrogens is 4.